The van der Waals surface area contributed by atoms with Gasteiger partial charge in [0.1, 0.15) is 6.54 Å². The number of fused-ring (bicyclic) bond motifs is 1. The number of carbonyl (C=O) groups excluding carboxylic acids is 1. The van der Waals surface area contributed by atoms with E-state index in [1.807, 2.05) is 36.4 Å². The number of nitrogens with one attached hydrogen (secondary N) is 2. The van der Waals surface area contributed by atoms with Gasteiger partial charge in [0, 0.05) is 12.2 Å². The number of carbonyl (C=O) groups is 1. The number of guanidine groups is 1. The van der Waals surface area contributed by atoms with Gasteiger partial charge in [0.25, 0.3) is 0 Å². The molecule has 0 atom stereocenters. The molecule has 0 radical (unpaired) electrons. The van der Waals surface area contributed by atoms with Crippen LogP contribution in [0.5, 0.6) is 0 Å². The molecule has 2 aromatic rings. The molecule has 4 N–H and O–H groups in total. The molecule has 2 aromatic carbocycles. The molecule has 0 fully saturated rings. The molecular weight excluding hydrogens is 312 g/mol. The number of nitrogens with two attached hydrogens (primary N) is 1. The molecule has 0 saturated carbocycles. The van der Waals surface area contributed by atoms with E-state index in [0.29, 0.717) is 6.54 Å². The first-order chi connectivity index (χ1) is 12.2. The highest BCUT2D eigenvalue weighted by atomic mass is 16.1. The van der Waals surface area contributed by atoms with Crippen molar-refractivity contribution >= 4 is 17.6 Å². The van der Waals surface area contributed by atoms with Gasteiger partial charge in [-0.2, -0.15) is 0 Å². The van der Waals surface area contributed by atoms with E-state index in [-0.39, 0.29) is 18.4 Å². The highest BCUT2D eigenvalue weighted by molar-refractivity contribution is 5.94. The van der Waals surface area contributed by atoms with Crippen LogP contribution >= 0.6 is 0 Å². The first-order valence-corrected chi connectivity index (χ1v) is 8.70. The highest BCUT2D eigenvalue weighted by Gasteiger charge is 2.10. The molecule has 130 valence electrons. The number of rotatable bonds is 6. The van der Waals surface area contributed by atoms with Crippen LogP contribution in [0.25, 0.3) is 0 Å². The Morgan fingerprint density at radius 1 is 1.08 bits per heavy atom. The summed E-state index contributed by atoms with van der Waals surface area (Å²) >= 11 is 0. The lowest BCUT2D eigenvalue weighted by Gasteiger charge is -2.08. The topological polar surface area (TPSA) is 79.5 Å². The molecule has 5 heteroatoms. The highest BCUT2D eigenvalue weighted by Crippen LogP contribution is 2.24. The standard InChI is InChI=1S/C20H24N4O/c21-20(24-18-10-9-16-7-4-8-17(16)13-18)23-14-19(25)22-12-11-15-5-2-1-3-6-15/h1-3,5-6,9-10,13H,4,7-8,11-12,14H2,(H,22,25)(H3,21,23,24). The predicted octanol–water partition coefficient (Wildman–Crippen LogP) is 2.26. The maximum absolute atomic E-state index is 11.8. The third kappa shape index (κ3) is 5.08. The van der Waals surface area contributed by atoms with E-state index >= 15 is 0 Å². The molecule has 0 unspecified atom stereocenters. The quantitative estimate of drug-likeness (QED) is 0.559. The summed E-state index contributed by atoms with van der Waals surface area (Å²) in [6.07, 6.45) is 4.29. The molecule has 0 aliphatic heterocycles. The summed E-state index contributed by atoms with van der Waals surface area (Å²) < 4.78 is 0. The van der Waals surface area contributed by atoms with Crippen LogP contribution in [0.15, 0.2) is 53.5 Å². The SMILES string of the molecule is NC(=NCC(=O)NCCc1ccccc1)Nc1ccc2c(c1)CCC2. The van der Waals surface area contributed by atoms with Crippen LogP contribution in [0, 0.1) is 0 Å². The lowest BCUT2D eigenvalue weighted by atomic mass is 10.1. The van der Waals surface area contributed by atoms with Crippen molar-refractivity contribution in [2.75, 3.05) is 18.4 Å². The Morgan fingerprint density at radius 3 is 2.72 bits per heavy atom. The van der Waals surface area contributed by atoms with Gasteiger partial charge in [-0.1, -0.05) is 36.4 Å². The van der Waals surface area contributed by atoms with E-state index in [1.165, 1.54) is 23.1 Å². The lowest BCUT2D eigenvalue weighted by Crippen LogP contribution is -2.30. The second kappa shape index (κ2) is 8.33. The summed E-state index contributed by atoms with van der Waals surface area (Å²) in [5, 5.41) is 5.91. The summed E-state index contributed by atoms with van der Waals surface area (Å²) in [5.74, 6) is 0.130. The van der Waals surface area contributed by atoms with Crippen molar-refractivity contribution < 1.29 is 4.79 Å². The van der Waals surface area contributed by atoms with E-state index in [2.05, 4.69) is 27.8 Å². The Bertz CT molecular complexity index is 756. The second-order valence-electron chi connectivity index (χ2n) is 6.25. The number of hydrogen-bond acceptors (Lipinski definition) is 2. The molecule has 1 aliphatic rings. The molecule has 5 nitrogen and oxygen atoms in total. The molecular formula is C20H24N4O. The molecule has 0 saturated heterocycles. The molecule has 25 heavy (non-hydrogen) atoms. The Kier molecular flexibility index (Phi) is 5.67. The van der Waals surface area contributed by atoms with Gasteiger partial charge in [-0.15, -0.1) is 0 Å². The maximum atomic E-state index is 11.8. The van der Waals surface area contributed by atoms with E-state index in [1.54, 1.807) is 0 Å². The Morgan fingerprint density at radius 2 is 1.88 bits per heavy atom. The Hall–Kier alpha value is -2.82. The van der Waals surface area contributed by atoms with Crippen molar-refractivity contribution in [3.8, 4) is 0 Å². The Balaban J connectivity index is 1.42. The smallest absolute Gasteiger partial charge is 0.241 e. The Labute approximate surface area is 148 Å². The average molecular weight is 336 g/mol. The minimum Gasteiger partial charge on any atom is -0.370 e. The number of nitrogens with zero attached hydrogens (tertiary/aromatic N) is 1. The normalized spacial score (nSPS) is 13.4. The number of hydrogen-bond donors (Lipinski definition) is 3. The van der Waals surface area contributed by atoms with Crippen molar-refractivity contribution in [1.82, 2.24) is 5.32 Å². The fourth-order valence-electron chi connectivity index (χ4n) is 3.04. The number of benzene rings is 2. The van der Waals surface area contributed by atoms with Gasteiger partial charge < -0.3 is 16.4 Å². The van der Waals surface area contributed by atoms with Crippen molar-refractivity contribution in [2.24, 2.45) is 10.7 Å². The second-order valence-corrected chi connectivity index (χ2v) is 6.25. The monoisotopic (exact) mass is 336 g/mol. The van der Waals surface area contributed by atoms with Crippen LogP contribution in [0.4, 0.5) is 5.69 Å². The number of aliphatic imine (C=N–C) groups is 1. The van der Waals surface area contributed by atoms with Crippen LogP contribution in [0.3, 0.4) is 0 Å². The van der Waals surface area contributed by atoms with Crippen molar-refractivity contribution in [2.45, 2.75) is 25.7 Å². The van der Waals surface area contributed by atoms with Gasteiger partial charge >= 0.3 is 0 Å². The van der Waals surface area contributed by atoms with E-state index < -0.39 is 0 Å². The number of amides is 1. The summed E-state index contributed by atoms with van der Waals surface area (Å²) in [6.45, 7) is 0.620. The summed E-state index contributed by atoms with van der Waals surface area (Å²) in [7, 11) is 0. The first-order valence-electron chi connectivity index (χ1n) is 8.70. The van der Waals surface area contributed by atoms with E-state index in [4.69, 9.17) is 5.73 Å². The van der Waals surface area contributed by atoms with Crippen LogP contribution < -0.4 is 16.4 Å². The molecule has 1 amide bonds. The fraction of sp³-hybridized carbons (Fsp3) is 0.300. The predicted molar refractivity (Wildman–Crippen MR) is 102 cm³/mol. The molecule has 0 aromatic heterocycles. The van der Waals surface area contributed by atoms with Gasteiger partial charge in [0.05, 0.1) is 0 Å². The number of anilines is 1. The summed E-state index contributed by atoms with van der Waals surface area (Å²) in [5.41, 5.74) is 10.8. The van der Waals surface area contributed by atoms with Gasteiger partial charge in [-0.05, 0) is 54.5 Å². The largest absolute Gasteiger partial charge is 0.370 e. The van der Waals surface area contributed by atoms with Crippen LogP contribution in [0.1, 0.15) is 23.1 Å². The zero-order chi connectivity index (χ0) is 17.5. The molecule has 0 bridgehead atoms. The third-order valence-electron chi connectivity index (χ3n) is 4.34. The zero-order valence-corrected chi connectivity index (χ0v) is 14.3. The minimum absolute atomic E-state index is 0.0264. The van der Waals surface area contributed by atoms with Crippen LogP contribution in [-0.4, -0.2) is 25.0 Å². The summed E-state index contributed by atoms with van der Waals surface area (Å²) in [6, 6.07) is 16.3. The van der Waals surface area contributed by atoms with Gasteiger partial charge in [-0.25, -0.2) is 4.99 Å². The van der Waals surface area contributed by atoms with Gasteiger partial charge in [0.15, 0.2) is 5.96 Å². The van der Waals surface area contributed by atoms with E-state index in [9.17, 15) is 4.79 Å². The maximum Gasteiger partial charge on any atom is 0.241 e. The molecule has 3 rings (SSSR count). The fourth-order valence-corrected chi connectivity index (χ4v) is 3.04. The molecule has 1 aliphatic carbocycles. The summed E-state index contributed by atoms with van der Waals surface area (Å²) in [4.78, 5) is 16.0. The van der Waals surface area contributed by atoms with Crippen molar-refractivity contribution in [3.05, 3.63) is 65.2 Å². The molecule has 0 spiro atoms. The van der Waals surface area contributed by atoms with Crippen molar-refractivity contribution in [3.63, 3.8) is 0 Å². The first kappa shape index (κ1) is 17.0. The number of aryl methyl sites for hydroxylation is 2. The lowest BCUT2D eigenvalue weighted by molar-refractivity contribution is -0.119. The van der Waals surface area contributed by atoms with E-state index in [0.717, 1.165) is 24.9 Å². The molecule has 0 heterocycles. The van der Waals surface area contributed by atoms with Crippen LogP contribution in [0.2, 0.25) is 0 Å². The zero-order valence-electron chi connectivity index (χ0n) is 14.3. The van der Waals surface area contributed by atoms with Gasteiger partial charge in [0.2, 0.25) is 5.91 Å². The van der Waals surface area contributed by atoms with Crippen molar-refractivity contribution in [1.29, 1.82) is 0 Å². The third-order valence-corrected chi connectivity index (χ3v) is 4.34. The minimum atomic E-state index is -0.130. The van der Waals surface area contributed by atoms with Gasteiger partial charge in [-0.3, -0.25) is 4.79 Å². The van der Waals surface area contributed by atoms with Crippen LogP contribution in [-0.2, 0) is 24.1 Å². The average Bonchev–Trinajstić information content (AvgIpc) is 3.09.